The van der Waals surface area contributed by atoms with Crippen LogP contribution in [0.25, 0.3) is 0 Å². The first-order chi connectivity index (χ1) is 14.2. The molecule has 0 fully saturated rings. The second kappa shape index (κ2) is 8.89. The van der Waals surface area contributed by atoms with Gasteiger partial charge in [-0.05, 0) is 55.2 Å². The highest BCUT2D eigenvalue weighted by Crippen LogP contribution is 2.28. The molecule has 9 heteroatoms. The van der Waals surface area contributed by atoms with Crippen molar-refractivity contribution in [1.29, 1.82) is 0 Å². The van der Waals surface area contributed by atoms with Gasteiger partial charge in [-0.1, -0.05) is 42.7 Å². The molecule has 3 aromatic rings. The average molecular weight is 448 g/mol. The highest BCUT2D eigenvalue weighted by Gasteiger charge is 2.18. The number of nitrogens with zero attached hydrogens (tertiary/aromatic N) is 1. The minimum atomic E-state index is -3.85. The molecule has 7 nitrogen and oxygen atoms in total. The van der Waals surface area contributed by atoms with Crippen LogP contribution >= 0.6 is 11.6 Å². The zero-order valence-corrected chi connectivity index (χ0v) is 18.3. The lowest BCUT2D eigenvalue weighted by atomic mass is 10.0. The summed E-state index contributed by atoms with van der Waals surface area (Å²) in [4.78, 5) is 12.4. The van der Waals surface area contributed by atoms with Crippen LogP contribution in [0.3, 0.4) is 0 Å². The van der Waals surface area contributed by atoms with Crippen molar-refractivity contribution >= 4 is 38.9 Å². The topological polar surface area (TPSA) is 101 Å². The van der Waals surface area contributed by atoms with Gasteiger partial charge in [-0.2, -0.15) is 0 Å². The third-order valence-electron chi connectivity index (χ3n) is 4.34. The monoisotopic (exact) mass is 447 g/mol. The van der Waals surface area contributed by atoms with Crippen molar-refractivity contribution in [3.05, 3.63) is 70.6 Å². The largest absolute Gasteiger partial charge is 0.361 e. The molecule has 1 amide bonds. The molecule has 0 aliphatic rings. The molecule has 0 atom stereocenters. The average Bonchev–Trinajstić information content (AvgIpc) is 3.10. The summed E-state index contributed by atoms with van der Waals surface area (Å²) in [5, 5.41) is 6.45. The Balaban J connectivity index is 1.79. The van der Waals surface area contributed by atoms with Crippen molar-refractivity contribution in [1.82, 2.24) is 5.16 Å². The number of hydrogen-bond donors (Lipinski definition) is 2. The predicted molar refractivity (Wildman–Crippen MR) is 116 cm³/mol. The number of benzene rings is 2. The Morgan fingerprint density at radius 1 is 1.17 bits per heavy atom. The van der Waals surface area contributed by atoms with E-state index in [2.05, 4.69) is 29.0 Å². The lowest BCUT2D eigenvalue weighted by molar-refractivity contribution is 0.102. The molecule has 0 saturated carbocycles. The number of amides is 1. The van der Waals surface area contributed by atoms with Crippen LogP contribution in [0.5, 0.6) is 0 Å². The van der Waals surface area contributed by atoms with E-state index in [1.807, 2.05) is 0 Å². The number of nitrogens with one attached hydrogen (secondary N) is 2. The van der Waals surface area contributed by atoms with Crippen LogP contribution < -0.4 is 10.0 Å². The molecule has 0 radical (unpaired) electrons. The van der Waals surface area contributed by atoms with E-state index in [4.69, 9.17) is 16.1 Å². The standard InChI is InChI=1S/C21H22ClN3O4S/c1-13(2)10-15-4-7-17(8-5-15)30(27,28)25-20-11-16(6-9-19(20)22)24-21(26)18-12-23-29-14(18)3/h4-9,11-13,25H,10H2,1-3H3,(H,24,26). The number of aryl methyl sites for hydroxylation is 1. The van der Waals surface area contributed by atoms with Crippen LogP contribution in [0.15, 0.2) is 58.1 Å². The van der Waals surface area contributed by atoms with Crippen LogP contribution in [0, 0.1) is 12.8 Å². The lowest BCUT2D eigenvalue weighted by Crippen LogP contribution is -2.15. The van der Waals surface area contributed by atoms with Gasteiger partial charge in [0.1, 0.15) is 11.3 Å². The Morgan fingerprint density at radius 3 is 2.47 bits per heavy atom. The fourth-order valence-electron chi connectivity index (χ4n) is 2.88. The molecule has 0 saturated heterocycles. The zero-order chi connectivity index (χ0) is 21.9. The molecular weight excluding hydrogens is 426 g/mol. The van der Waals surface area contributed by atoms with Crippen LogP contribution in [0.1, 0.15) is 35.5 Å². The molecule has 0 bridgehead atoms. The van der Waals surface area contributed by atoms with Gasteiger partial charge in [0, 0.05) is 5.69 Å². The first-order valence-corrected chi connectivity index (χ1v) is 11.2. The number of rotatable bonds is 7. The Morgan fingerprint density at radius 2 is 1.87 bits per heavy atom. The summed E-state index contributed by atoms with van der Waals surface area (Å²) >= 11 is 6.17. The van der Waals surface area contributed by atoms with Gasteiger partial charge in [-0.25, -0.2) is 8.42 Å². The normalized spacial score (nSPS) is 11.5. The maximum atomic E-state index is 12.8. The Hall–Kier alpha value is -2.84. The molecular formula is C21H22ClN3O4S. The second-order valence-corrected chi connectivity index (χ2v) is 9.38. The van der Waals surface area contributed by atoms with E-state index in [0.29, 0.717) is 17.4 Å². The van der Waals surface area contributed by atoms with Crippen molar-refractivity contribution in [2.24, 2.45) is 5.92 Å². The van der Waals surface area contributed by atoms with E-state index >= 15 is 0 Å². The molecule has 2 N–H and O–H groups in total. The van der Waals surface area contributed by atoms with Crippen LogP contribution in [-0.2, 0) is 16.4 Å². The third kappa shape index (κ3) is 5.20. The number of sulfonamides is 1. The maximum absolute atomic E-state index is 12.8. The Bertz CT molecular complexity index is 1160. The molecule has 158 valence electrons. The summed E-state index contributed by atoms with van der Waals surface area (Å²) in [6, 6.07) is 11.3. The number of anilines is 2. The smallest absolute Gasteiger partial charge is 0.261 e. The van der Waals surface area contributed by atoms with Crippen LogP contribution in [0.4, 0.5) is 11.4 Å². The summed E-state index contributed by atoms with van der Waals surface area (Å²) in [6.07, 6.45) is 2.18. The van der Waals surface area contributed by atoms with Gasteiger partial charge in [-0.15, -0.1) is 0 Å². The van der Waals surface area contributed by atoms with Crippen molar-refractivity contribution in [3.63, 3.8) is 0 Å². The van der Waals surface area contributed by atoms with E-state index in [0.717, 1.165) is 12.0 Å². The molecule has 3 rings (SSSR count). The lowest BCUT2D eigenvalue weighted by Gasteiger charge is -2.12. The fourth-order valence-corrected chi connectivity index (χ4v) is 4.17. The molecule has 1 aromatic heterocycles. The number of carbonyl (C=O) groups excluding carboxylic acids is 1. The third-order valence-corrected chi connectivity index (χ3v) is 6.05. The minimum Gasteiger partial charge on any atom is -0.361 e. The summed E-state index contributed by atoms with van der Waals surface area (Å²) in [6.45, 7) is 5.82. The summed E-state index contributed by atoms with van der Waals surface area (Å²) in [7, 11) is -3.85. The van der Waals surface area contributed by atoms with Gasteiger partial charge in [0.2, 0.25) is 0 Å². The van der Waals surface area contributed by atoms with Gasteiger partial charge in [0.15, 0.2) is 0 Å². The highest BCUT2D eigenvalue weighted by atomic mass is 35.5. The zero-order valence-electron chi connectivity index (χ0n) is 16.8. The first-order valence-electron chi connectivity index (χ1n) is 9.29. The fraction of sp³-hybridized carbons (Fsp3) is 0.238. The predicted octanol–water partition coefficient (Wildman–Crippen LogP) is 4.89. The van der Waals surface area contributed by atoms with Gasteiger partial charge in [0.05, 0.1) is 21.8 Å². The van der Waals surface area contributed by atoms with E-state index in [-0.39, 0.29) is 21.2 Å². The van der Waals surface area contributed by atoms with E-state index in [1.54, 1.807) is 37.3 Å². The van der Waals surface area contributed by atoms with E-state index < -0.39 is 15.9 Å². The second-order valence-electron chi connectivity index (χ2n) is 7.29. The van der Waals surface area contributed by atoms with Crippen LogP contribution in [0.2, 0.25) is 5.02 Å². The SMILES string of the molecule is Cc1oncc1C(=O)Nc1ccc(Cl)c(NS(=O)(=O)c2ccc(CC(C)C)cc2)c1. The van der Waals surface area contributed by atoms with Crippen molar-refractivity contribution in [2.45, 2.75) is 32.1 Å². The molecule has 1 heterocycles. The molecule has 0 aliphatic heterocycles. The molecule has 0 spiro atoms. The Labute approximate surface area is 180 Å². The first kappa shape index (κ1) is 21.9. The van der Waals surface area contributed by atoms with E-state index in [1.165, 1.54) is 18.3 Å². The van der Waals surface area contributed by atoms with Gasteiger partial charge < -0.3 is 9.84 Å². The maximum Gasteiger partial charge on any atom is 0.261 e. The number of carbonyl (C=O) groups is 1. The van der Waals surface area contributed by atoms with Gasteiger partial charge in [-0.3, -0.25) is 9.52 Å². The Kier molecular flexibility index (Phi) is 6.48. The van der Waals surface area contributed by atoms with Crippen LogP contribution in [-0.4, -0.2) is 19.5 Å². The molecule has 0 aliphatic carbocycles. The van der Waals surface area contributed by atoms with Crippen molar-refractivity contribution in [3.8, 4) is 0 Å². The highest BCUT2D eigenvalue weighted by molar-refractivity contribution is 7.92. The minimum absolute atomic E-state index is 0.126. The summed E-state index contributed by atoms with van der Waals surface area (Å²) < 4.78 is 32.9. The van der Waals surface area contributed by atoms with Crippen molar-refractivity contribution < 1.29 is 17.7 Å². The number of aromatic nitrogens is 1. The molecule has 2 aromatic carbocycles. The summed E-state index contributed by atoms with van der Waals surface area (Å²) in [5.41, 5.74) is 1.88. The van der Waals surface area contributed by atoms with E-state index in [9.17, 15) is 13.2 Å². The van der Waals surface area contributed by atoms with Crippen molar-refractivity contribution in [2.75, 3.05) is 10.0 Å². The summed E-state index contributed by atoms with van der Waals surface area (Å²) in [5.74, 6) is 0.429. The number of halogens is 1. The van der Waals surface area contributed by atoms with Gasteiger partial charge in [0.25, 0.3) is 15.9 Å². The molecule has 0 unspecified atom stereocenters. The quantitative estimate of drug-likeness (QED) is 0.537. The van der Waals surface area contributed by atoms with Gasteiger partial charge >= 0.3 is 0 Å². The number of hydrogen-bond acceptors (Lipinski definition) is 5. The molecule has 30 heavy (non-hydrogen) atoms.